The number of aromatic nitrogens is 2. The molecule has 2 atom stereocenters. The second-order valence-corrected chi connectivity index (χ2v) is 10.3. The minimum absolute atomic E-state index is 0.0247. The number of carbonyl (C=O) groups excluding carboxylic acids is 1. The number of halogens is 2. The van der Waals surface area contributed by atoms with Crippen LogP contribution in [-0.4, -0.2) is 67.1 Å². The number of ether oxygens (including phenoxy) is 3. The second kappa shape index (κ2) is 13.5. The van der Waals surface area contributed by atoms with Gasteiger partial charge in [-0.1, -0.05) is 6.92 Å². The first-order valence-electron chi connectivity index (χ1n) is 12.9. The van der Waals surface area contributed by atoms with Crippen molar-refractivity contribution in [3.63, 3.8) is 0 Å². The summed E-state index contributed by atoms with van der Waals surface area (Å²) in [5.74, 6) is -1.90. The summed E-state index contributed by atoms with van der Waals surface area (Å²) in [5.41, 5.74) is -0.454. The van der Waals surface area contributed by atoms with Crippen molar-refractivity contribution in [1.29, 1.82) is 5.26 Å². The van der Waals surface area contributed by atoms with Crippen molar-refractivity contribution in [2.24, 2.45) is 5.92 Å². The first-order chi connectivity index (χ1) is 18.5. The summed E-state index contributed by atoms with van der Waals surface area (Å²) >= 11 is 0. The Labute approximate surface area is 227 Å². The molecule has 3 rings (SSSR count). The zero-order chi connectivity index (χ0) is 28.6. The Hall–Kier alpha value is -3.56. The number of nitrogens with one attached hydrogen (secondary N) is 2. The molecular formula is C27H36F2N6O4. The highest BCUT2D eigenvalue weighted by molar-refractivity contribution is 5.70. The molecule has 2 N–H and O–H groups in total. The van der Waals surface area contributed by atoms with E-state index in [9.17, 15) is 18.8 Å². The number of carbonyl (C=O) groups is 1. The Morgan fingerprint density at radius 3 is 2.56 bits per heavy atom. The number of morpholine rings is 1. The molecule has 0 saturated carbocycles. The average molecular weight is 547 g/mol. The molecule has 1 aliphatic rings. The monoisotopic (exact) mass is 546 g/mol. The molecule has 0 radical (unpaired) electrons. The Morgan fingerprint density at radius 1 is 1.23 bits per heavy atom. The Bertz CT molecular complexity index is 1180. The molecule has 2 aromatic heterocycles. The van der Waals surface area contributed by atoms with Crippen LogP contribution in [0.5, 0.6) is 0 Å². The summed E-state index contributed by atoms with van der Waals surface area (Å²) in [6.07, 6.45) is 1.50. The number of rotatable bonds is 11. The minimum Gasteiger partial charge on any atom is -0.460 e. The van der Waals surface area contributed by atoms with Crippen LogP contribution in [0.2, 0.25) is 0 Å². The number of hydrogen-bond donors (Lipinski definition) is 2. The quantitative estimate of drug-likeness (QED) is 0.393. The van der Waals surface area contributed by atoms with E-state index < -0.39 is 23.3 Å². The lowest BCUT2D eigenvalue weighted by Crippen LogP contribution is -2.37. The van der Waals surface area contributed by atoms with Gasteiger partial charge in [0.25, 0.3) is 0 Å². The van der Waals surface area contributed by atoms with Crippen LogP contribution in [0.1, 0.15) is 46.6 Å². The summed E-state index contributed by atoms with van der Waals surface area (Å²) in [7, 11) is 0. The minimum atomic E-state index is -0.755. The number of esters is 1. The molecule has 2 aromatic rings. The van der Waals surface area contributed by atoms with E-state index in [1.165, 1.54) is 12.3 Å². The smallest absolute Gasteiger partial charge is 0.306 e. The van der Waals surface area contributed by atoms with Crippen LogP contribution in [0, 0.1) is 28.9 Å². The van der Waals surface area contributed by atoms with Crippen molar-refractivity contribution in [2.75, 3.05) is 55.1 Å². The predicted octanol–water partition coefficient (Wildman–Crippen LogP) is 4.39. The highest BCUT2D eigenvalue weighted by atomic mass is 19.1. The Balaban J connectivity index is 1.81. The maximum Gasteiger partial charge on any atom is 0.306 e. The van der Waals surface area contributed by atoms with E-state index in [2.05, 4.69) is 20.6 Å². The summed E-state index contributed by atoms with van der Waals surface area (Å²) in [5, 5.41) is 15.5. The topological polar surface area (TPSA) is 122 Å². The van der Waals surface area contributed by atoms with Crippen molar-refractivity contribution in [1.82, 2.24) is 9.97 Å². The van der Waals surface area contributed by atoms with E-state index in [0.717, 1.165) is 6.07 Å². The molecule has 10 nitrogen and oxygen atoms in total. The molecule has 0 aliphatic carbocycles. The fraction of sp³-hybridized carbons (Fsp3) is 0.556. The van der Waals surface area contributed by atoms with Crippen molar-refractivity contribution in [3.8, 4) is 6.07 Å². The lowest BCUT2D eigenvalue weighted by molar-refractivity contribution is -0.156. The zero-order valence-electron chi connectivity index (χ0n) is 23.0. The molecular weight excluding hydrogens is 510 g/mol. The largest absolute Gasteiger partial charge is 0.460 e. The molecule has 39 heavy (non-hydrogen) atoms. The molecule has 0 spiro atoms. The second-order valence-electron chi connectivity index (χ2n) is 10.3. The number of pyridine rings is 2. The Kier molecular flexibility index (Phi) is 10.4. The van der Waals surface area contributed by atoms with Gasteiger partial charge in [-0.05, 0) is 39.7 Å². The number of nitrogens with zero attached hydrogens (tertiary/aromatic N) is 4. The van der Waals surface area contributed by atoms with E-state index in [1.54, 1.807) is 25.7 Å². The van der Waals surface area contributed by atoms with Crippen molar-refractivity contribution < 1.29 is 27.8 Å². The van der Waals surface area contributed by atoms with Crippen LogP contribution in [0.4, 0.5) is 31.9 Å². The summed E-state index contributed by atoms with van der Waals surface area (Å²) in [6.45, 7) is 11.6. The highest BCUT2D eigenvalue weighted by Crippen LogP contribution is 2.27. The number of anilines is 4. The zero-order valence-corrected chi connectivity index (χ0v) is 23.0. The van der Waals surface area contributed by atoms with Crippen LogP contribution < -0.4 is 15.5 Å². The van der Waals surface area contributed by atoms with Gasteiger partial charge in [0.2, 0.25) is 0 Å². The SMILES string of the molecule is CCOC[C@@H](Nc1nc(Nc2cnc(N3CCOCC3)c(F)c2)c(C#N)cc1F)[C@H](C)CC(=O)OC(C)(C)C. The highest BCUT2D eigenvalue weighted by Gasteiger charge is 2.26. The number of hydrogen-bond acceptors (Lipinski definition) is 10. The van der Waals surface area contributed by atoms with Gasteiger partial charge in [-0.25, -0.2) is 18.7 Å². The third-order valence-electron chi connectivity index (χ3n) is 5.91. The van der Waals surface area contributed by atoms with Gasteiger partial charge in [-0.2, -0.15) is 5.26 Å². The lowest BCUT2D eigenvalue weighted by Gasteiger charge is -2.28. The van der Waals surface area contributed by atoms with Gasteiger partial charge in [-0.3, -0.25) is 4.79 Å². The van der Waals surface area contributed by atoms with E-state index >= 15 is 0 Å². The standard InChI is InChI=1S/C27H36F2N6O4/c1-6-37-16-22(17(2)11-23(36)39-27(3,4)5)33-25-20(28)12-18(14-30)24(34-25)32-19-13-21(29)26(31-15-19)35-7-9-38-10-8-35/h12-13,15,17,22H,6-11,16H2,1-5H3,(H2,32,33,34)/t17-,22-/m1/s1. The average Bonchev–Trinajstić information content (AvgIpc) is 2.87. The number of nitriles is 1. The molecule has 1 aliphatic heterocycles. The van der Waals surface area contributed by atoms with Crippen LogP contribution in [-0.2, 0) is 19.0 Å². The molecule has 1 fully saturated rings. The van der Waals surface area contributed by atoms with Gasteiger partial charge in [0.1, 0.15) is 11.7 Å². The summed E-state index contributed by atoms with van der Waals surface area (Å²) in [4.78, 5) is 22.7. The van der Waals surface area contributed by atoms with Gasteiger partial charge in [0.05, 0.1) is 49.7 Å². The maximum atomic E-state index is 15.0. The van der Waals surface area contributed by atoms with Crippen LogP contribution in [0.15, 0.2) is 18.3 Å². The molecule has 12 heteroatoms. The predicted molar refractivity (Wildman–Crippen MR) is 143 cm³/mol. The molecule has 0 amide bonds. The molecule has 0 aromatic carbocycles. The van der Waals surface area contributed by atoms with Crippen molar-refractivity contribution in [2.45, 2.75) is 52.7 Å². The fourth-order valence-electron chi connectivity index (χ4n) is 3.97. The van der Waals surface area contributed by atoms with E-state index in [0.29, 0.717) is 32.9 Å². The van der Waals surface area contributed by atoms with E-state index in [-0.39, 0.29) is 53.6 Å². The first kappa shape index (κ1) is 30.0. The van der Waals surface area contributed by atoms with Gasteiger partial charge in [-0.15, -0.1) is 0 Å². The van der Waals surface area contributed by atoms with Crippen LogP contribution in [0.25, 0.3) is 0 Å². The van der Waals surface area contributed by atoms with Crippen molar-refractivity contribution in [3.05, 3.63) is 35.5 Å². The maximum absolute atomic E-state index is 15.0. The third kappa shape index (κ3) is 8.73. The third-order valence-corrected chi connectivity index (χ3v) is 5.91. The Morgan fingerprint density at radius 2 is 1.95 bits per heavy atom. The molecule has 0 bridgehead atoms. The first-order valence-corrected chi connectivity index (χ1v) is 12.9. The van der Waals surface area contributed by atoms with Crippen LogP contribution >= 0.6 is 0 Å². The van der Waals surface area contributed by atoms with E-state index in [1.807, 2.05) is 19.9 Å². The summed E-state index contributed by atoms with van der Waals surface area (Å²) in [6, 6.07) is 3.70. The van der Waals surface area contributed by atoms with Gasteiger partial charge in [0, 0.05) is 25.8 Å². The normalized spacial score (nSPS) is 15.3. The molecule has 3 heterocycles. The van der Waals surface area contributed by atoms with Gasteiger partial charge >= 0.3 is 5.97 Å². The van der Waals surface area contributed by atoms with E-state index in [4.69, 9.17) is 14.2 Å². The molecule has 212 valence electrons. The molecule has 0 unspecified atom stereocenters. The lowest BCUT2D eigenvalue weighted by atomic mass is 9.98. The van der Waals surface area contributed by atoms with Crippen LogP contribution in [0.3, 0.4) is 0 Å². The molecule has 1 saturated heterocycles. The van der Waals surface area contributed by atoms with Gasteiger partial charge < -0.3 is 29.7 Å². The van der Waals surface area contributed by atoms with Crippen molar-refractivity contribution >= 4 is 29.1 Å². The van der Waals surface area contributed by atoms with Gasteiger partial charge in [0.15, 0.2) is 29.1 Å². The fourth-order valence-corrected chi connectivity index (χ4v) is 3.97. The summed E-state index contributed by atoms with van der Waals surface area (Å²) < 4.78 is 46.1.